The standard InChI is InChI=1S/C23H24N4O2/c1-16-5-2-6-17(11-16)18-7-3-9-20(12-18)26-22(28)19-8-4-10-27(14-19)23(29)21-13-24-15-25-21/h2-3,5-7,9,11-13,15,19H,4,8,10,14H2,1H3,(H,24,25)(H,26,28). The summed E-state index contributed by atoms with van der Waals surface area (Å²) in [6.45, 7) is 3.14. The van der Waals surface area contributed by atoms with Crippen LogP contribution in [-0.2, 0) is 4.79 Å². The number of carbonyl (C=O) groups excluding carboxylic acids is 2. The number of hydrogen-bond acceptors (Lipinski definition) is 3. The molecule has 2 aromatic carbocycles. The summed E-state index contributed by atoms with van der Waals surface area (Å²) in [6.07, 6.45) is 4.59. The maximum atomic E-state index is 12.9. The van der Waals surface area contributed by atoms with Crippen molar-refractivity contribution in [1.82, 2.24) is 14.9 Å². The first-order valence-electron chi connectivity index (χ1n) is 9.86. The molecule has 2 amide bonds. The zero-order valence-electron chi connectivity index (χ0n) is 16.4. The van der Waals surface area contributed by atoms with Crippen LogP contribution >= 0.6 is 0 Å². The van der Waals surface area contributed by atoms with Gasteiger partial charge in [-0.2, -0.15) is 0 Å². The quantitative estimate of drug-likeness (QED) is 0.712. The molecule has 6 heteroatoms. The second-order valence-corrected chi connectivity index (χ2v) is 7.50. The zero-order valence-corrected chi connectivity index (χ0v) is 16.4. The lowest BCUT2D eigenvalue weighted by Gasteiger charge is -2.31. The van der Waals surface area contributed by atoms with Gasteiger partial charge in [0.15, 0.2) is 0 Å². The van der Waals surface area contributed by atoms with E-state index in [-0.39, 0.29) is 17.7 Å². The van der Waals surface area contributed by atoms with Crippen LogP contribution in [0.3, 0.4) is 0 Å². The van der Waals surface area contributed by atoms with E-state index in [1.54, 1.807) is 4.90 Å². The van der Waals surface area contributed by atoms with Crippen molar-refractivity contribution >= 4 is 17.5 Å². The molecule has 4 rings (SSSR count). The second-order valence-electron chi connectivity index (χ2n) is 7.50. The largest absolute Gasteiger partial charge is 0.341 e. The maximum Gasteiger partial charge on any atom is 0.271 e. The van der Waals surface area contributed by atoms with Gasteiger partial charge in [0, 0.05) is 18.8 Å². The Kier molecular flexibility index (Phi) is 5.42. The van der Waals surface area contributed by atoms with Gasteiger partial charge in [-0.25, -0.2) is 4.98 Å². The number of likely N-dealkylation sites (tertiary alicyclic amines) is 1. The zero-order chi connectivity index (χ0) is 20.2. The van der Waals surface area contributed by atoms with Crippen LogP contribution in [0.25, 0.3) is 11.1 Å². The molecule has 6 nitrogen and oxygen atoms in total. The normalized spacial score (nSPS) is 16.4. The number of rotatable bonds is 4. The van der Waals surface area contributed by atoms with Crippen LogP contribution in [0.1, 0.15) is 28.9 Å². The van der Waals surface area contributed by atoms with E-state index in [0.29, 0.717) is 18.8 Å². The van der Waals surface area contributed by atoms with Crippen molar-refractivity contribution in [2.24, 2.45) is 5.92 Å². The number of anilines is 1. The summed E-state index contributed by atoms with van der Waals surface area (Å²) in [4.78, 5) is 33.9. The molecule has 1 saturated heterocycles. The molecule has 1 atom stereocenters. The van der Waals surface area contributed by atoms with E-state index in [4.69, 9.17) is 0 Å². The molecular formula is C23H24N4O2. The van der Waals surface area contributed by atoms with Crippen molar-refractivity contribution in [3.8, 4) is 11.1 Å². The Balaban J connectivity index is 1.44. The van der Waals surface area contributed by atoms with E-state index < -0.39 is 0 Å². The van der Waals surface area contributed by atoms with E-state index >= 15 is 0 Å². The average Bonchev–Trinajstić information content (AvgIpc) is 3.28. The number of aryl methyl sites for hydroxylation is 1. The molecule has 1 fully saturated rings. The smallest absolute Gasteiger partial charge is 0.271 e. The number of amides is 2. The molecule has 1 aliphatic rings. The lowest BCUT2D eigenvalue weighted by Crippen LogP contribution is -2.43. The van der Waals surface area contributed by atoms with Crippen molar-refractivity contribution in [2.45, 2.75) is 19.8 Å². The molecule has 3 aromatic rings. The van der Waals surface area contributed by atoms with E-state index in [1.165, 1.54) is 18.1 Å². The fourth-order valence-corrected chi connectivity index (χ4v) is 3.76. The number of nitrogens with zero attached hydrogens (tertiary/aromatic N) is 2. The van der Waals surface area contributed by atoms with Crippen molar-refractivity contribution in [3.05, 3.63) is 72.3 Å². The highest BCUT2D eigenvalue weighted by molar-refractivity contribution is 5.95. The second kappa shape index (κ2) is 8.31. The van der Waals surface area contributed by atoms with Crippen molar-refractivity contribution < 1.29 is 9.59 Å². The third-order valence-corrected chi connectivity index (χ3v) is 5.29. The summed E-state index contributed by atoms with van der Waals surface area (Å²) in [5, 5.41) is 3.03. The van der Waals surface area contributed by atoms with Crippen LogP contribution in [0.5, 0.6) is 0 Å². The SMILES string of the molecule is Cc1cccc(-c2cccc(NC(=O)C3CCCN(C(=O)c4cnc[nH]4)C3)c2)c1. The number of imidazole rings is 1. The Hall–Kier alpha value is -3.41. The van der Waals surface area contributed by atoms with E-state index in [9.17, 15) is 9.59 Å². The molecule has 29 heavy (non-hydrogen) atoms. The summed E-state index contributed by atoms with van der Waals surface area (Å²) in [7, 11) is 0. The summed E-state index contributed by atoms with van der Waals surface area (Å²) >= 11 is 0. The van der Waals surface area contributed by atoms with E-state index in [2.05, 4.69) is 40.4 Å². The Morgan fingerprint density at radius 2 is 1.93 bits per heavy atom. The number of nitrogens with one attached hydrogen (secondary N) is 2. The van der Waals surface area contributed by atoms with Crippen molar-refractivity contribution in [1.29, 1.82) is 0 Å². The maximum absolute atomic E-state index is 12.9. The van der Waals surface area contributed by atoms with Gasteiger partial charge in [0.05, 0.1) is 18.4 Å². The number of benzene rings is 2. The van der Waals surface area contributed by atoms with E-state index in [0.717, 1.165) is 29.7 Å². The van der Waals surface area contributed by atoms with Gasteiger partial charge >= 0.3 is 0 Å². The van der Waals surface area contributed by atoms with Crippen molar-refractivity contribution in [2.75, 3.05) is 18.4 Å². The minimum atomic E-state index is -0.224. The van der Waals surface area contributed by atoms with Gasteiger partial charge in [0.2, 0.25) is 5.91 Å². The summed E-state index contributed by atoms with van der Waals surface area (Å²) in [6, 6.07) is 16.2. The van der Waals surface area contributed by atoms with Crippen LogP contribution in [0, 0.1) is 12.8 Å². The minimum absolute atomic E-state index is 0.0477. The molecule has 0 bridgehead atoms. The van der Waals surface area contributed by atoms with Crippen LogP contribution in [0.2, 0.25) is 0 Å². The highest BCUT2D eigenvalue weighted by Gasteiger charge is 2.29. The predicted octanol–water partition coefficient (Wildman–Crippen LogP) is 3.88. The van der Waals surface area contributed by atoms with Gasteiger partial charge < -0.3 is 15.2 Å². The van der Waals surface area contributed by atoms with Crippen LogP contribution in [0.4, 0.5) is 5.69 Å². The molecule has 0 spiro atoms. The topological polar surface area (TPSA) is 78.1 Å². The van der Waals surface area contributed by atoms with Gasteiger partial charge in [-0.05, 0) is 43.0 Å². The molecule has 0 saturated carbocycles. The first-order valence-corrected chi connectivity index (χ1v) is 9.86. The van der Waals surface area contributed by atoms with Gasteiger partial charge in [-0.3, -0.25) is 9.59 Å². The summed E-state index contributed by atoms with van der Waals surface area (Å²) in [5.74, 6) is -0.381. The molecule has 148 valence electrons. The third-order valence-electron chi connectivity index (χ3n) is 5.29. The van der Waals surface area contributed by atoms with Gasteiger partial charge in [-0.1, -0.05) is 42.0 Å². The van der Waals surface area contributed by atoms with Gasteiger partial charge in [0.1, 0.15) is 5.69 Å². The molecule has 2 heterocycles. The lowest BCUT2D eigenvalue weighted by atomic mass is 9.96. The number of hydrogen-bond donors (Lipinski definition) is 2. The minimum Gasteiger partial charge on any atom is -0.341 e. The molecule has 0 radical (unpaired) electrons. The van der Waals surface area contributed by atoms with Gasteiger partial charge in [-0.15, -0.1) is 0 Å². The molecule has 2 N–H and O–H groups in total. The highest BCUT2D eigenvalue weighted by Crippen LogP contribution is 2.25. The predicted molar refractivity (Wildman–Crippen MR) is 112 cm³/mol. The van der Waals surface area contributed by atoms with Crippen molar-refractivity contribution in [3.63, 3.8) is 0 Å². The first kappa shape index (κ1) is 18.9. The van der Waals surface area contributed by atoms with Crippen LogP contribution in [-0.4, -0.2) is 39.8 Å². The molecule has 1 aliphatic heterocycles. The Morgan fingerprint density at radius 3 is 2.69 bits per heavy atom. The Morgan fingerprint density at radius 1 is 1.14 bits per heavy atom. The van der Waals surface area contributed by atoms with Crippen LogP contribution in [0.15, 0.2) is 61.1 Å². The third kappa shape index (κ3) is 4.37. The number of aromatic amines is 1. The molecule has 0 aliphatic carbocycles. The number of aromatic nitrogens is 2. The molecule has 1 unspecified atom stereocenters. The number of piperidine rings is 1. The fraction of sp³-hybridized carbons (Fsp3) is 0.261. The highest BCUT2D eigenvalue weighted by atomic mass is 16.2. The lowest BCUT2D eigenvalue weighted by molar-refractivity contribution is -0.121. The molecular weight excluding hydrogens is 364 g/mol. The van der Waals surface area contributed by atoms with Crippen LogP contribution < -0.4 is 5.32 Å². The number of H-pyrrole nitrogens is 1. The fourth-order valence-electron chi connectivity index (χ4n) is 3.76. The van der Waals surface area contributed by atoms with E-state index in [1.807, 2.05) is 30.3 Å². The summed E-state index contributed by atoms with van der Waals surface area (Å²) in [5.41, 5.74) is 4.60. The first-order chi connectivity index (χ1) is 14.1. The monoisotopic (exact) mass is 388 g/mol. The average molecular weight is 388 g/mol. The number of carbonyl (C=O) groups is 2. The Bertz CT molecular complexity index is 1010. The summed E-state index contributed by atoms with van der Waals surface area (Å²) < 4.78 is 0. The van der Waals surface area contributed by atoms with Gasteiger partial charge in [0.25, 0.3) is 5.91 Å². The molecule has 1 aromatic heterocycles. The Labute approximate surface area is 170 Å².